The SMILES string of the molecule is CC(C)(C)c1cc(C(=O)N2CCN(C(=O)c3ccc(OCc4ccccc4)cc3)CC2)n[nH]1. The van der Waals surface area contributed by atoms with E-state index >= 15 is 0 Å². The lowest BCUT2D eigenvalue weighted by molar-refractivity contribution is 0.0532. The van der Waals surface area contributed by atoms with Crippen molar-refractivity contribution in [1.82, 2.24) is 20.0 Å². The lowest BCUT2D eigenvalue weighted by Crippen LogP contribution is -2.50. The Hall–Kier alpha value is -3.61. The van der Waals surface area contributed by atoms with Crippen molar-refractivity contribution in [2.45, 2.75) is 32.8 Å². The number of piperazine rings is 1. The van der Waals surface area contributed by atoms with Crippen LogP contribution in [0.15, 0.2) is 60.7 Å². The Morgan fingerprint density at radius 1 is 0.909 bits per heavy atom. The minimum absolute atomic E-state index is 0.0357. The number of hydrogen-bond donors (Lipinski definition) is 1. The van der Waals surface area contributed by atoms with Gasteiger partial charge in [-0.15, -0.1) is 0 Å². The van der Waals surface area contributed by atoms with Gasteiger partial charge in [0.15, 0.2) is 0 Å². The van der Waals surface area contributed by atoms with E-state index in [1.807, 2.05) is 48.5 Å². The highest BCUT2D eigenvalue weighted by Gasteiger charge is 2.27. The standard InChI is InChI=1S/C26H30N4O3/c1-26(2,3)23-17-22(27-28-23)25(32)30-15-13-29(14-16-30)24(31)20-9-11-21(12-10-20)33-18-19-7-5-4-6-8-19/h4-12,17H,13-16,18H2,1-3H3,(H,27,28). The summed E-state index contributed by atoms with van der Waals surface area (Å²) in [5.41, 5.74) is 2.96. The molecule has 1 aliphatic heterocycles. The third kappa shape index (κ3) is 5.42. The van der Waals surface area contributed by atoms with E-state index in [2.05, 4.69) is 31.0 Å². The van der Waals surface area contributed by atoms with Crippen LogP contribution >= 0.6 is 0 Å². The molecule has 4 rings (SSSR count). The van der Waals surface area contributed by atoms with Gasteiger partial charge in [0.2, 0.25) is 0 Å². The molecule has 1 aromatic heterocycles. The number of hydrogen-bond acceptors (Lipinski definition) is 4. The Labute approximate surface area is 194 Å². The van der Waals surface area contributed by atoms with Crippen LogP contribution < -0.4 is 4.74 Å². The van der Waals surface area contributed by atoms with Crippen molar-refractivity contribution in [3.8, 4) is 5.75 Å². The zero-order valence-electron chi connectivity index (χ0n) is 19.4. The van der Waals surface area contributed by atoms with E-state index in [9.17, 15) is 9.59 Å². The zero-order valence-corrected chi connectivity index (χ0v) is 19.4. The van der Waals surface area contributed by atoms with E-state index in [1.165, 1.54) is 0 Å². The lowest BCUT2D eigenvalue weighted by atomic mass is 9.92. The van der Waals surface area contributed by atoms with Crippen LogP contribution in [-0.4, -0.2) is 58.0 Å². The van der Waals surface area contributed by atoms with Gasteiger partial charge in [-0.25, -0.2) is 0 Å². The first-order valence-electron chi connectivity index (χ1n) is 11.2. The van der Waals surface area contributed by atoms with Crippen LogP contribution in [0.5, 0.6) is 5.75 Å². The molecular weight excluding hydrogens is 416 g/mol. The predicted octanol–water partition coefficient (Wildman–Crippen LogP) is 3.88. The van der Waals surface area contributed by atoms with E-state index in [-0.39, 0.29) is 17.2 Å². The number of aromatic nitrogens is 2. The third-order valence-corrected chi connectivity index (χ3v) is 5.81. The molecule has 2 aromatic carbocycles. The largest absolute Gasteiger partial charge is 0.489 e. The maximum Gasteiger partial charge on any atom is 0.274 e. The van der Waals surface area contributed by atoms with Crippen molar-refractivity contribution in [2.75, 3.05) is 26.2 Å². The molecule has 7 heteroatoms. The van der Waals surface area contributed by atoms with Crippen LogP contribution in [0.3, 0.4) is 0 Å². The Morgan fingerprint density at radius 3 is 2.09 bits per heavy atom. The van der Waals surface area contributed by atoms with E-state index in [0.29, 0.717) is 44.0 Å². The maximum atomic E-state index is 12.9. The molecule has 172 valence electrons. The van der Waals surface area contributed by atoms with Crippen LogP contribution in [0, 0.1) is 0 Å². The van der Waals surface area contributed by atoms with Crippen LogP contribution in [0.2, 0.25) is 0 Å². The summed E-state index contributed by atoms with van der Waals surface area (Å²) in [6.45, 7) is 8.66. The molecule has 0 bridgehead atoms. The molecule has 0 unspecified atom stereocenters. The number of H-pyrrole nitrogens is 1. The van der Waals surface area contributed by atoms with Crippen molar-refractivity contribution < 1.29 is 14.3 Å². The minimum Gasteiger partial charge on any atom is -0.489 e. The first-order valence-corrected chi connectivity index (χ1v) is 11.2. The fourth-order valence-electron chi connectivity index (χ4n) is 3.71. The molecule has 1 saturated heterocycles. The molecule has 0 saturated carbocycles. The molecule has 0 spiro atoms. The summed E-state index contributed by atoms with van der Waals surface area (Å²) in [6, 6.07) is 19.0. The molecular formula is C26H30N4O3. The molecule has 0 aliphatic carbocycles. The van der Waals surface area contributed by atoms with Crippen molar-refractivity contribution in [1.29, 1.82) is 0 Å². The molecule has 0 radical (unpaired) electrons. The highest BCUT2D eigenvalue weighted by molar-refractivity contribution is 5.95. The smallest absolute Gasteiger partial charge is 0.274 e. The molecule has 1 aliphatic rings. The van der Waals surface area contributed by atoms with Gasteiger partial charge in [0.25, 0.3) is 11.8 Å². The average molecular weight is 447 g/mol. The normalized spacial score (nSPS) is 14.3. The van der Waals surface area contributed by atoms with E-state index in [1.54, 1.807) is 21.9 Å². The molecule has 1 fully saturated rings. The number of nitrogens with one attached hydrogen (secondary N) is 1. The van der Waals surface area contributed by atoms with Crippen molar-refractivity contribution >= 4 is 11.8 Å². The van der Waals surface area contributed by atoms with Gasteiger partial charge in [0.05, 0.1) is 0 Å². The molecule has 3 aromatic rings. The fraction of sp³-hybridized carbons (Fsp3) is 0.346. The number of aromatic amines is 1. The molecule has 7 nitrogen and oxygen atoms in total. The van der Waals surface area contributed by atoms with Crippen LogP contribution in [0.1, 0.15) is 52.9 Å². The van der Waals surface area contributed by atoms with E-state index in [0.717, 1.165) is 17.0 Å². The van der Waals surface area contributed by atoms with Gasteiger partial charge in [0, 0.05) is 42.9 Å². The monoisotopic (exact) mass is 446 g/mol. The average Bonchev–Trinajstić information content (AvgIpc) is 3.34. The topological polar surface area (TPSA) is 78.5 Å². The van der Waals surface area contributed by atoms with Gasteiger partial charge in [0.1, 0.15) is 18.1 Å². The minimum atomic E-state index is -0.103. The van der Waals surface area contributed by atoms with Crippen LogP contribution in [0.4, 0.5) is 0 Å². The summed E-state index contributed by atoms with van der Waals surface area (Å²) in [5, 5.41) is 7.16. The molecule has 0 atom stereocenters. The first-order chi connectivity index (χ1) is 15.8. The Balaban J connectivity index is 1.30. The summed E-state index contributed by atoms with van der Waals surface area (Å²) in [7, 11) is 0. The number of ether oxygens (including phenoxy) is 1. The number of benzene rings is 2. The van der Waals surface area contributed by atoms with Gasteiger partial charge in [-0.2, -0.15) is 5.10 Å². The molecule has 33 heavy (non-hydrogen) atoms. The molecule has 2 heterocycles. The zero-order chi connectivity index (χ0) is 23.4. The number of rotatable bonds is 5. The van der Waals surface area contributed by atoms with Crippen LogP contribution in [-0.2, 0) is 12.0 Å². The number of carbonyl (C=O) groups excluding carboxylic acids is 2. The van der Waals surface area contributed by atoms with Gasteiger partial charge < -0.3 is 14.5 Å². The molecule has 1 N–H and O–H groups in total. The van der Waals surface area contributed by atoms with Crippen molar-refractivity contribution in [3.05, 3.63) is 83.2 Å². The fourth-order valence-corrected chi connectivity index (χ4v) is 3.71. The second-order valence-corrected chi connectivity index (χ2v) is 9.30. The molecule has 2 amide bonds. The number of nitrogens with zero attached hydrogens (tertiary/aromatic N) is 3. The second-order valence-electron chi connectivity index (χ2n) is 9.30. The predicted molar refractivity (Wildman–Crippen MR) is 126 cm³/mol. The number of amides is 2. The second kappa shape index (κ2) is 9.48. The summed E-state index contributed by atoms with van der Waals surface area (Å²) >= 11 is 0. The van der Waals surface area contributed by atoms with Crippen molar-refractivity contribution in [3.63, 3.8) is 0 Å². The Morgan fingerprint density at radius 2 is 1.52 bits per heavy atom. The van der Waals surface area contributed by atoms with Gasteiger partial charge in [-0.1, -0.05) is 51.1 Å². The third-order valence-electron chi connectivity index (χ3n) is 5.81. The maximum absolute atomic E-state index is 12.9. The van der Waals surface area contributed by atoms with E-state index in [4.69, 9.17) is 4.74 Å². The Bertz CT molecular complexity index is 1090. The quantitative estimate of drug-likeness (QED) is 0.645. The first kappa shape index (κ1) is 22.6. The highest BCUT2D eigenvalue weighted by atomic mass is 16.5. The van der Waals surface area contributed by atoms with Gasteiger partial charge in [-0.05, 0) is 35.9 Å². The van der Waals surface area contributed by atoms with Crippen LogP contribution in [0.25, 0.3) is 0 Å². The van der Waals surface area contributed by atoms with E-state index < -0.39 is 0 Å². The van der Waals surface area contributed by atoms with Gasteiger partial charge >= 0.3 is 0 Å². The van der Waals surface area contributed by atoms with Crippen molar-refractivity contribution in [2.24, 2.45) is 0 Å². The number of carbonyl (C=O) groups is 2. The lowest BCUT2D eigenvalue weighted by Gasteiger charge is -2.34. The summed E-state index contributed by atoms with van der Waals surface area (Å²) < 4.78 is 5.80. The van der Waals surface area contributed by atoms with Gasteiger partial charge in [-0.3, -0.25) is 14.7 Å². The highest BCUT2D eigenvalue weighted by Crippen LogP contribution is 2.21. The Kier molecular flexibility index (Phi) is 6.49. The summed E-state index contributed by atoms with van der Waals surface area (Å²) in [6.07, 6.45) is 0. The summed E-state index contributed by atoms with van der Waals surface area (Å²) in [4.78, 5) is 29.3. The summed E-state index contributed by atoms with van der Waals surface area (Å²) in [5.74, 6) is 0.583.